The third-order valence-electron chi connectivity index (χ3n) is 6.53. The number of nitrogens with one attached hydrogen (secondary N) is 1. The number of carbonyl (C=O) groups excluding carboxylic acids is 1. The highest BCUT2D eigenvalue weighted by molar-refractivity contribution is 7.99. The van der Waals surface area contributed by atoms with Gasteiger partial charge in [0.25, 0.3) is 5.22 Å². The third kappa shape index (κ3) is 3.40. The van der Waals surface area contributed by atoms with Crippen molar-refractivity contribution in [1.82, 2.24) is 10.2 Å². The van der Waals surface area contributed by atoms with E-state index >= 15 is 0 Å². The smallest absolute Gasteiger partial charge is 0.277 e. The third-order valence-corrected chi connectivity index (χ3v) is 7.35. The molecule has 6 rings (SSSR count). The van der Waals surface area contributed by atoms with Crippen LogP contribution < -0.4 is 5.32 Å². The van der Waals surface area contributed by atoms with Crippen molar-refractivity contribution in [2.45, 2.75) is 56.1 Å². The Kier molecular flexibility index (Phi) is 4.26. The van der Waals surface area contributed by atoms with Crippen molar-refractivity contribution in [1.29, 1.82) is 0 Å². The Labute approximate surface area is 163 Å². The predicted molar refractivity (Wildman–Crippen MR) is 105 cm³/mol. The second kappa shape index (κ2) is 6.66. The number of nitrogens with zero attached hydrogens (tertiary/aromatic N) is 2. The van der Waals surface area contributed by atoms with Crippen molar-refractivity contribution in [2.24, 2.45) is 17.8 Å². The highest BCUT2D eigenvalue weighted by Crippen LogP contribution is 2.60. The van der Waals surface area contributed by atoms with Crippen LogP contribution >= 0.6 is 11.8 Å². The number of carbonyl (C=O) groups is 1. The Morgan fingerprint density at radius 2 is 1.89 bits per heavy atom. The molecule has 4 bridgehead atoms. The predicted octanol–water partition coefficient (Wildman–Crippen LogP) is 4.58. The molecular weight excluding hydrogens is 358 g/mol. The minimum atomic E-state index is -0.0554. The zero-order valence-corrected chi connectivity index (χ0v) is 16.4. The molecule has 1 N–H and O–H groups in total. The second-order valence-corrected chi connectivity index (χ2v) is 9.70. The molecule has 1 aromatic carbocycles. The molecule has 2 aromatic rings. The number of aryl methyl sites for hydroxylation is 1. The molecule has 0 spiro atoms. The number of benzene rings is 1. The lowest BCUT2D eigenvalue weighted by molar-refractivity contribution is -0.113. The lowest BCUT2D eigenvalue weighted by Crippen LogP contribution is -2.48. The first-order valence-corrected chi connectivity index (χ1v) is 10.9. The molecule has 6 heteroatoms. The Morgan fingerprint density at radius 1 is 1.19 bits per heavy atom. The lowest BCUT2D eigenvalue weighted by Gasteiger charge is -2.55. The number of thioether (sulfide) groups is 1. The molecule has 1 aromatic heterocycles. The number of aromatic nitrogens is 2. The van der Waals surface area contributed by atoms with Gasteiger partial charge in [0.2, 0.25) is 11.8 Å². The molecule has 0 atom stereocenters. The first-order valence-electron chi connectivity index (χ1n) is 9.91. The van der Waals surface area contributed by atoms with Gasteiger partial charge in [-0.1, -0.05) is 23.9 Å². The average Bonchev–Trinajstić information content (AvgIpc) is 3.09. The van der Waals surface area contributed by atoms with Gasteiger partial charge in [0.05, 0.1) is 5.75 Å². The molecule has 0 unspecified atom stereocenters. The maximum absolute atomic E-state index is 12.2. The largest absolute Gasteiger partial charge is 0.415 e. The molecule has 4 aliphatic carbocycles. The normalized spacial score (nSPS) is 31.2. The van der Waals surface area contributed by atoms with Crippen LogP contribution in [0.15, 0.2) is 33.9 Å². The maximum atomic E-state index is 12.2. The highest BCUT2D eigenvalue weighted by atomic mass is 32.2. The van der Waals surface area contributed by atoms with E-state index < -0.39 is 0 Å². The Balaban J connectivity index is 1.22. The molecule has 142 valence electrons. The van der Waals surface area contributed by atoms with Crippen LogP contribution in [0, 0.1) is 24.7 Å². The van der Waals surface area contributed by atoms with Crippen LogP contribution in [0.2, 0.25) is 0 Å². The minimum Gasteiger partial charge on any atom is -0.415 e. The summed E-state index contributed by atoms with van der Waals surface area (Å²) >= 11 is 1.32. The summed E-state index contributed by atoms with van der Waals surface area (Å²) in [5, 5.41) is 12.1. The second-order valence-electron chi connectivity index (χ2n) is 8.78. The van der Waals surface area contributed by atoms with Crippen molar-refractivity contribution in [3.05, 3.63) is 35.7 Å². The molecule has 0 radical (unpaired) electrons. The number of hydrogen-bond donors (Lipinski definition) is 1. The Hall–Kier alpha value is -1.82. The average molecular weight is 384 g/mol. The van der Waals surface area contributed by atoms with Gasteiger partial charge in [-0.15, -0.1) is 10.2 Å². The molecular formula is C21H25N3O2S. The summed E-state index contributed by atoms with van der Waals surface area (Å²) < 4.78 is 6.05. The van der Waals surface area contributed by atoms with Crippen molar-refractivity contribution in [3.63, 3.8) is 0 Å². The number of hydrogen-bond acceptors (Lipinski definition) is 5. The molecule has 1 heterocycles. The monoisotopic (exact) mass is 383 g/mol. The minimum absolute atomic E-state index is 0.0554. The number of anilines is 1. The zero-order chi connectivity index (χ0) is 18.4. The summed E-state index contributed by atoms with van der Waals surface area (Å²) in [6.07, 6.45) is 7.81. The van der Waals surface area contributed by atoms with Crippen molar-refractivity contribution < 1.29 is 9.21 Å². The van der Waals surface area contributed by atoms with E-state index in [2.05, 4.69) is 15.5 Å². The molecule has 5 nitrogen and oxygen atoms in total. The standard InChI is InChI=1S/C21H25N3O2S/c1-13-3-2-4-17(5-13)22-18(25)12-27-20-24-23-19(26-20)21-9-14-6-15(10-21)8-16(7-14)11-21/h2-5,14-16H,6-12H2,1H3,(H,22,25). The van der Waals surface area contributed by atoms with Gasteiger partial charge >= 0.3 is 0 Å². The van der Waals surface area contributed by atoms with E-state index in [4.69, 9.17) is 4.42 Å². The van der Waals surface area contributed by atoms with Gasteiger partial charge in [0.15, 0.2) is 0 Å². The summed E-state index contributed by atoms with van der Waals surface area (Å²) in [5.74, 6) is 3.58. The first-order chi connectivity index (χ1) is 13.1. The van der Waals surface area contributed by atoms with Crippen LogP contribution in [0.5, 0.6) is 0 Å². The van der Waals surface area contributed by atoms with Crippen LogP contribution in [-0.4, -0.2) is 21.9 Å². The van der Waals surface area contributed by atoms with E-state index in [1.54, 1.807) is 0 Å². The molecule has 4 fully saturated rings. The fourth-order valence-electron chi connectivity index (χ4n) is 5.90. The van der Waals surface area contributed by atoms with E-state index in [0.717, 1.165) is 34.9 Å². The van der Waals surface area contributed by atoms with Crippen molar-refractivity contribution in [3.8, 4) is 0 Å². The van der Waals surface area contributed by atoms with Crippen LogP contribution in [0.4, 0.5) is 5.69 Å². The van der Waals surface area contributed by atoms with Gasteiger partial charge in [-0.05, 0) is 80.9 Å². The SMILES string of the molecule is Cc1cccc(NC(=O)CSc2nnc(C34CC5CC(CC(C5)C3)C4)o2)c1. The molecule has 4 saturated carbocycles. The van der Waals surface area contributed by atoms with Crippen LogP contribution in [0.1, 0.15) is 50.0 Å². The van der Waals surface area contributed by atoms with Gasteiger partial charge in [0.1, 0.15) is 0 Å². The van der Waals surface area contributed by atoms with Crippen LogP contribution in [0.25, 0.3) is 0 Å². The quantitative estimate of drug-likeness (QED) is 0.766. The molecule has 4 aliphatic rings. The van der Waals surface area contributed by atoms with Crippen molar-refractivity contribution >= 4 is 23.4 Å². The lowest BCUT2D eigenvalue weighted by atomic mass is 9.49. The van der Waals surface area contributed by atoms with Gasteiger partial charge in [0, 0.05) is 11.1 Å². The molecule has 0 aliphatic heterocycles. The summed E-state index contributed by atoms with van der Waals surface area (Å²) in [4.78, 5) is 12.2. The zero-order valence-electron chi connectivity index (χ0n) is 15.6. The first kappa shape index (κ1) is 17.3. The van der Waals surface area contributed by atoms with Crippen LogP contribution in [-0.2, 0) is 10.2 Å². The van der Waals surface area contributed by atoms with E-state index in [1.807, 2.05) is 31.2 Å². The highest BCUT2D eigenvalue weighted by Gasteiger charge is 2.54. The van der Waals surface area contributed by atoms with Gasteiger partial charge in [-0.3, -0.25) is 4.79 Å². The number of rotatable bonds is 5. The summed E-state index contributed by atoms with van der Waals surface area (Å²) in [6, 6.07) is 7.80. The molecule has 0 saturated heterocycles. The summed E-state index contributed by atoms with van der Waals surface area (Å²) in [5.41, 5.74) is 2.06. The molecule has 27 heavy (non-hydrogen) atoms. The molecule has 1 amide bonds. The van der Waals surface area contributed by atoms with E-state index in [0.29, 0.717) is 5.22 Å². The van der Waals surface area contributed by atoms with E-state index in [1.165, 1.54) is 50.3 Å². The van der Waals surface area contributed by atoms with Gasteiger partial charge in [-0.25, -0.2) is 0 Å². The summed E-state index contributed by atoms with van der Waals surface area (Å²) in [7, 11) is 0. The van der Waals surface area contributed by atoms with Crippen LogP contribution in [0.3, 0.4) is 0 Å². The Morgan fingerprint density at radius 3 is 2.56 bits per heavy atom. The summed E-state index contributed by atoms with van der Waals surface area (Å²) in [6.45, 7) is 2.01. The van der Waals surface area contributed by atoms with Gasteiger partial charge in [-0.2, -0.15) is 0 Å². The fraction of sp³-hybridized carbons (Fsp3) is 0.571. The van der Waals surface area contributed by atoms with Crippen molar-refractivity contribution in [2.75, 3.05) is 11.1 Å². The maximum Gasteiger partial charge on any atom is 0.277 e. The Bertz CT molecular complexity index is 827. The fourth-order valence-corrected chi connectivity index (χ4v) is 6.47. The number of amides is 1. The van der Waals surface area contributed by atoms with Gasteiger partial charge < -0.3 is 9.73 Å². The van der Waals surface area contributed by atoms with E-state index in [9.17, 15) is 4.79 Å². The van der Waals surface area contributed by atoms with E-state index in [-0.39, 0.29) is 17.1 Å². The topological polar surface area (TPSA) is 68.0 Å².